The molecule has 118 valence electrons. The summed E-state index contributed by atoms with van der Waals surface area (Å²) in [6.07, 6.45) is 8.51. The average Bonchev–Trinajstić information content (AvgIpc) is 2.47. The Morgan fingerprint density at radius 1 is 1.05 bits per heavy atom. The summed E-state index contributed by atoms with van der Waals surface area (Å²) in [5, 5.41) is 6.58. The highest BCUT2D eigenvalue weighted by molar-refractivity contribution is 5.85. The van der Waals surface area contributed by atoms with Gasteiger partial charge in [0.05, 0.1) is 6.04 Å². The second-order valence-corrected chi connectivity index (χ2v) is 6.12. The van der Waals surface area contributed by atoms with Crippen LogP contribution in [0.25, 0.3) is 0 Å². The van der Waals surface area contributed by atoms with Gasteiger partial charge in [0.15, 0.2) is 0 Å². The minimum atomic E-state index is 0. The van der Waals surface area contributed by atoms with Crippen LogP contribution in [0.4, 0.5) is 0 Å². The largest absolute Gasteiger partial charge is 0.352 e. The van der Waals surface area contributed by atoms with Crippen molar-refractivity contribution in [1.82, 2.24) is 15.5 Å². The van der Waals surface area contributed by atoms with Crippen LogP contribution in [0.2, 0.25) is 0 Å². The van der Waals surface area contributed by atoms with Crippen LogP contribution in [0.15, 0.2) is 0 Å². The van der Waals surface area contributed by atoms with E-state index >= 15 is 0 Å². The maximum atomic E-state index is 12.3. The van der Waals surface area contributed by atoms with Crippen molar-refractivity contribution in [3.05, 3.63) is 0 Å². The van der Waals surface area contributed by atoms with Crippen molar-refractivity contribution in [3.8, 4) is 0 Å². The summed E-state index contributed by atoms with van der Waals surface area (Å²) in [5.41, 5.74) is 0. The van der Waals surface area contributed by atoms with Crippen LogP contribution in [0.5, 0.6) is 0 Å². The van der Waals surface area contributed by atoms with Crippen molar-refractivity contribution >= 4 is 18.3 Å². The minimum Gasteiger partial charge on any atom is -0.352 e. The molecule has 2 aliphatic rings. The molecule has 2 rings (SSSR count). The van der Waals surface area contributed by atoms with E-state index in [1.54, 1.807) is 0 Å². The molecular formula is C15H30ClN3O. The van der Waals surface area contributed by atoms with Gasteiger partial charge >= 0.3 is 0 Å². The highest BCUT2D eigenvalue weighted by Crippen LogP contribution is 2.18. The van der Waals surface area contributed by atoms with Gasteiger partial charge in [-0.05, 0) is 39.7 Å². The van der Waals surface area contributed by atoms with Crippen molar-refractivity contribution in [2.75, 3.05) is 20.1 Å². The Balaban J connectivity index is 0.00000200. The Hall–Kier alpha value is -0.320. The molecule has 1 heterocycles. The highest BCUT2D eigenvalue weighted by Gasteiger charge is 2.27. The molecule has 0 radical (unpaired) electrons. The number of amides is 1. The molecule has 0 aromatic carbocycles. The number of piperidine rings is 1. The lowest BCUT2D eigenvalue weighted by atomic mass is 9.95. The summed E-state index contributed by atoms with van der Waals surface area (Å²) in [6, 6.07) is 1.09. The van der Waals surface area contributed by atoms with Gasteiger partial charge < -0.3 is 10.6 Å². The Kier molecular flexibility index (Phi) is 7.85. The average molecular weight is 304 g/mol. The van der Waals surface area contributed by atoms with E-state index in [2.05, 4.69) is 22.5 Å². The Bertz CT molecular complexity index is 287. The summed E-state index contributed by atoms with van der Waals surface area (Å²) in [6.45, 7) is 4.12. The van der Waals surface area contributed by atoms with E-state index in [0.29, 0.717) is 12.1 Å². The van der Waals surface area contributed by atoms with E-state index in [1.165, 1.54) is 32.1 Å². The predicted molar refractivity (Wildman–Crippen MR) is 85.4 cm³/mol. The van der Waals surface area contributed by atoms with Gasteiger partial charge in [0.1, 0.15) is 0 Å². The lowest BCUT2D eigenvalue weighted by molar-refractivity contribution is -0.127. The van der Waals surface area contributed by atoms with Crippen molar-refractivity contribution in [3.63, 3.8) is 0 Å². The molecule has 1 saturated carbocycles. The number of halogens is 1. The molecule has 1 unspecified atom stereocenters. The second kappa shape index (κ2) is 8.85. The predicted octanol–water partition coefficient (Wildman–Crippen LogP) is 1.93. The lowest BCUT2D eigenvalue weighted by Crippen LogP contribution is -2.52. The first-order valence-electron chi connectivity index (χ1n) is 7.92. The smallest absolute Gasteiger partial charge is 0.237 e. The normalized spacial score (nSPS) is 23.9. The Morgan fingerprint density at radius 2 is 1.65 bits per heavy atom. The summed E-state index contributed by atoms with van der Waals surface area (Å²) in [7, 11) is 2.03. The van der Waals surface area contributed by atoms with Crippen molar-refractivity contribution in [2.45, 2.75) is 70.0 Å². The van der Waals surface area contributed by atoms with Crippen molar-refractivity contribution < 1.29 is 4.79 Å². The van der Waals surface area contributed by atoms with E-state index in [4.69, 9.17) is 0 Å². The van der Waals surface area contributed by atoms with Gasteiger partial charge in [-0.15, -0.1) is 12.4 Å². The van der Waals surface area contributed by atoms with Crippen LogP contribution in [0, 0.1) is 0 Å². The van der Waals surface area contributed by atoms with Gasteiger partial charge in [0, 0.05) is 25.2 Å². The third-order valence-electron chi connectivity index (χ3n) is 4.82. The second-order valence-electron chi connectivity index (χ2n) is 6.12. The molecule has 2 N–H and O–H groups in total. The molecule has 1 aliphatic heterocycles. The fourth-order valence-corrected chi connectivity index (χ4v) is 3.31. The molecule has 0 aromatic heterocycles. The van der Waals surface area contributed by atoms with Gasteiger partial charge in [0.2, 0.25) is 5.91 Å². The molecule has 2 fully saturated rings. The van der Waals surface area contributed by atoms with E-state index < -0.39 is 0 Å². The topological polar surface area (TPSA) is 44.4 Å². The first-order chi connectivity index (χ1) is 9.20. The molecule has 1 saturated heterocycles. The third-order valence-corrected chi connectivity index (χ3v) is 4.82. The van der Waals surface area contributed by atoms with Crippen LogP contribution < -0.4 is 10.6 Å². The number of carbonyl (C=O) groups excluding carboxylic acids is 1. The van der Waals surface area contributed by atoms with Gasteiger partial charge in [0.25, 0.3) is 0 Å². The van der Waals surface area contributed by atoms with Crippen molar-refractivity contribution in [2.24, 2.45) is 0 Å². The zero-order valence-corrected chi connectivity index (χ0v) is 13.7. The lowest BCUT2D eigenvalue weighted by Gasteiger charge is -2.36. The number of hydrogen-bond acceptors (Lipinski definition) is 3. The highest BCUT2D eigenvalue weighted by atomic mass is 35.5. The summed E-state index contributed by atoms with van der Waals surface area (Å²) in [5.74, 6) is 0.231. The molecule has 1 atom stereocenters. The maximum Gasteiger partial charge on any atom is 0.237 e. The summed E-state index contributed by atoms with van der Waals surface area (Å²) in [4.78, 5) is 14.6. The standard InChI is InChI=1S/C15H29N3O.ClH/c1-12(18-10-8-13(16-2)9-11-18)15(19)17-14-6-4-3-5-7-14;/h12-14,16H,3-11H2,1-2H3,(H,17,19);1H. The minimum absolute atomic E-state index is 0. The molecule has 0 bridgehead atoms. The van der Waals surface area contributed by atoms with Crippen LogP contribution in [-0.4, -0.2) is 49.1 Å². The fraction of sp³-hybridized carbons (Fsp3) is 0.933. The summed E-state index contributed by atoms with van der Waals surface area (Å²) >= 11 is 0. The van der Waals surface area contributed by atoms with E-state index in [1.807, 2.05) is 7.05 Å². The zero-order chi connectivity index (χ0) is 13.7. The summed E-state index contributed by atoms with van der Waals surface area (Å²) < 4.78 is 0. The third kappa shape index (κ3) is 4.90. The number of nitrogens with one attached hydrogen (secondary N) is 2. The molecule has 1 aliphatic carbocycles. The van der Waals surface area contributed by atoms with Crippen LogP contribution in [-0.2, 0) is 4.79 Å². The quantitative estimate of drug-likeness (QED) is 0.834. The van der Waals surface area contributed by atoms with Gasteiger partial charge in [-0.25, -0.2) is 0 Å². The SMILES string of the molecule is CNC1CCN(C(C)C(=O)NC2CCCCC2)CC1.Cl. The Morgan fingerprint density at radius 3 is 2.20 bits per heavy atom. The van der Waals surface area contributed by atoms with Gasteiger partial charge in [-0.3, -0.25) is 9.69 Å². The number of likely N-dealkylation sites (tertiary alicyclic amines) is 1. The number of rotatable bonds is 4. The van der Waals surface area contributed by atoms with E-state index in [-0.39, 0.29) is 24.4 Å². The molecule has 20 heavy (non-hydrogen) atoms. The van der Waals surface area contributed by atoms with E-state index in [9.17, 15) is 4.79 Å². The monoisotopic (exact) mass is 303 g/mol. The van der Waals surface area contributed by atoms with Crippen LogP contribution in [0.1, 0.15) is 51.9 Å². The van der Waals surface area contributed by atoms with Gasteiger partial charge in [-0.1, -0.05) is 19.3 Å². The molecule has 1 amide bonds. The molecule has 5 heteroatoms. The molecule has 0 spiro atoms. The van der Waals surface area contributed by atoms with Crippen LogP contribution in [0.3, 0.4) is 0 Å². The van der Waals surface area contributed by atoms with Gasteiger partial charge in [-0.2, -0.15) is 0 Å². The number of nitrogens with zero attached hydrogens (tertiary/aromatic N) is 1. The van der Waals surface area contributed by atoms with Crippen LogP contribution >= 0.6 is 12.4 Å². The molecular weight excluding hydrogens is 274 g/mol. The zero-order valence-electron chi connectivity index (χ0n) is 12.9. The first kappa shape index (κ1) is 17.7. The van der Waals surface area contributed by atoms with E-state index in [0.717, 1.165) is 25.9 Å². The number of hydrogen-bond donors (Lipinski definition) is 2. The number of carbonyl (C=O) groups is 1. The molecule has 0 aromatic rings. The fourth-order valence-electron chi connectivity index (χ4n) is 3.31. The molecule has 4 nitrogen and oxygen atoms in total. The Labute approximate surface area is 129 Å². The maximum absolute atomic E-state index is 12.3. The van der Waals surface area contributed by atoms with Crippen molar-refractivity contribution in [1.29, 1.82) is 0 Å². The first-order valence-corrected chi connectivity index (χ1v) is 7.92.